The molecule has 2 aliphatic rings. The number of rotatable bonds is 1. The van der Waals surface area contributed by atoms with Crippen LogP contribution in [0.15, 0.2) is 4.99 Å². The van der Waals surface area contributed by atoms with E-state index in [0.717, 1.165) is 0 Å². The van der Waals surface area contributed by atoms with Gasteiger partial charge in [-0.2, -0.15) is 0 Å². The summed E-state index contributed by atoms with van der Waals surface area (Å²) >= 11 is 0. The van der Waals surface area contributed by atoms with Gasteiger partial charge in [-0.15, -0.1) is 0 Å². The maximum absolute atomic E-state index is 5.56. The Morgan fingerprint density at radius 1 is 1.55 bits per heavy atom. The maximum Gasteiger partial charge on any atom is 0.170 e. The number of hydrogen-bond acceptors (Lipinski definition) is 2. The largest absolute Gasteiger partial charge is 0.475 e. The maximum atomic E-state index is 5.56. The predicted octanol–water partition coefficient (Wildman–Crippen LogP) is 1.99. The van der Waals surface area contributed by atoms with E-state index in [-0.39, 0.29) is 5.60 Å². The molecule has 0 bridgehead atoms. The van der Waals surface area contributed by atoms with Gasteiger partial charge >= 0.3 is 0 Å². The minimum atomic E-state index is 0.133. The van der Waals surface area contributed by atoms with Crippen molar-refractivity contribution in [3.63, 3.8) is 0 Å². The number of nitrogens with zero attached hydrogens (tertiary/aromatic N) is 1. The molecule has 2 heteroatoms. The molecule has 0 aromatic carbocycles. The molecule has 11 heavy (non-hydrogen) atoms. The Hall–Kier alpha value is -0.530. The van der Waals surface area contributed by atoms with E-state index in [1.165, 1.54) is 19.3 Å². The van der Waals surface area contributed by atoms with Gasteiger partial charge in [0.1, 0.15) is 5.60 Å². The second kappa shape index (κ2) is 2.23. The first-order valence-electron chi connectivity index (χ1n) is 4.44. The summed E-state index contributed by atoms with van der Waals surface area (Å²) in [7, 11) is 0. The van der Waals surface area contributed by atoms with Crippen LogP contribution in [0.3, 0.4) is 0 Å². The van der Waals surface area contributed by atoms with E-state index in [9.17, 15) is 0 Å². The highest BCUT2D eigenvalue weighted by Gasteiger charge is 2.49. The SMILES string of the molecule is CC(C)[C@H]1N=COC12CCC2. The van der Waals surface area contributed by atoms with Gasteiger partial charge in [-0.25, -0.2) is 0 Å². The van der Waals surface area contributed by atoms with Crippen LogP contribution < -0.4 is 0 Å². The molecule has 0 saturated heterocycles. The number of aliphatic imine (C=N–C) groups is 1. The molecule has 0 radical (unpaired) electrons. The summed E-state index contributed by atoms with van der Waals surface area (Å²) in [6.07, 6.45) is 5.38. The zero-order chi connectivity index (χ0) is 7.90. The van der Waals surface area contributed by atoms with Crippen molar-refractivity contribution in [1.82, 2.24) is 0 Å². The van der Waals surface area contributed by atoms with Gasteiger partial charge in [-0.05, 0) is 25.2 Å². The molecule has 1 heterocycles. The topological polar surface area (TPSA) is 21.6 Å². The molecule has 1 atom stereocenters. The van der Waals surface area contributed by atoms with E-state index in [2.05, 4.69) is 18.8 Å². The van der Waals surface area contributed by atoms with E-state index in [4.69, 9.17) is 4.74 Å². The molecule has 2 rings (SSSR count). The smallest absolute Gasteiger partial charge is 0.170 e. The zero-order valence-corrected chi connectivity index (χ0v) is 7.21. The molecule has 0 aromatic heterocycles. The monoisotopic (exact) mass is 153 g/mol. The van der Waals surface area contributed by atoms with Gasteiger partial charge in [0, 0.05) is 0 Å². The van der Waals surface area contributed by atoms with Crippen LogP contribution in [0.25, 0.3) is 0 Å². The average Bonchev–Trinajstić information content (AvgIpc) is 2.27. The lowest BCUT2D eigenvalue weighted by Crippen LogP contribution is -2.48. The second-order valence-electron chi connectivity index (χ2n) is 3.98. The number of hydrogen-bond donors (Lipinski definition) is 0. The summed E-state index contributed by atoms with van der Waals surface area (Å²) < 4.78 is 5.56. The van der Waals surface area contributed by atoms with Gasteiger partial charge in [-0.3, -0.25) is 4.99 Å². The predicted molar refractivity (Wildman–Crippen MR) is 44.8 cm³/mol. The van der Waals surface area contributed by atoms with Crippen LogP contribution >= 0.6 is 0 Å². The summed E-state index contributed by atoms with van der Waals surface area (Å²) in [4.78, 5) is 4.36. The van der Waals surface area contributed by atoms with E-state index in [1.807, 2.05) is 0 Å². The summed E-state index contributed by atoms with van der Waals surface area (Å²) in [6, 6.07) is 0.427. The summed E-state index contributed by atoms with van der Waals surface area (Å²) in [6.45, 7) is 4.44. The number of ether oxygens (including phenoxy) is 1. The van der Waals surface area contributed by atoms with Gasteiger partial charge in [0.05, 0.1) is 6.04 Å². The molecule has 1 fully saturated rings. The molecule has 0 unspecified atom stereocenters. The van der Waals surface area contributed by atoms with E-state index >= 15 is 0 Å². The van der Waals surface area contributed by atoms with Crippen LogP contribution in [-0.2, 0) is 4.74 Å². The van der Waals surface area contributed by atoms with Crippen LogP contribution in [0.1, 0.15) is 33.1 Å². The fourth-order valence-corrected chi connectivity index (χ4v) is 2.12. The minimum absolute atomic E-state index is 0.133. The zero-order valence-electron chi connectivity index (χ0n) is 7.21. The summed E-state index contributed by atoms with van der Waals surface area (Å²) in [5, 5.41) is 0. The summed E-state index contributed by atoms with van der Waals surface area (Å²) in [5.74, 6) is 0.619. The molecule has 1 spiro atoms. The molecule has 0 amide bonds. The Balaban J connectivity index is 2.12. The van der Waals surface area contributed by atoms with Gasteiger partial charge in [0.2, 0.25) is 0 Å². The fraction of sp³-hybridized carbons (Fsp3) is 0.889. The van der Waals surface area contributed by atoms with E-state index in [1.54, 1.807) is 6.40 Å². The molecule has 62 valence electrons. The fourth-order valence-electron chi connectivity index (χ4n) is 2.12. The molecule has 1 saturated carbocycles. The van der Waals surface area contributed by atoms with Gasteiger partial charge in [0.15, 0.2) is 6.40 Å². The Bertz CT molecular complexity index is 182. The third-order valence-corrected chi connectivity index (χ3v) is 2.88. The van der Waals surface area contributed by atoms with E-state index in [0.29, 0.717) is 12.0 Å². The van der Waals surface area contributed by atoms with Crippen LogP contribution in [-0.4, -0.2) is 18.0 Å². The first-order chi connectivity index (χ1) is 5.25. The normalized spacial score (nSPS) is 32.5. The molecular weight excluding hydrogens is 138 g/mol. The molecule has 1 aliphatic heterocycles. The Kier molecular flexibility index (Phi) is 1.44. The Morgan fingerprint density at radius 3 is 2.64 bits per heavy atom. The van der Waals surface area contributed by atoms with Crippen LogP contribution in [0.2, 0.25) is 0 Å². The van der Waals surface area contributed by atoms with Crippen molar-refractivity contribution >= 4 is 6.40 Å². The first-order valence-corrected chi connectivity index (χ1v) is 4.44. The first kappa shape index (κ1) is 7.14. The quantitative estimate of drug-likeness (QED) is 0.564. The Morgan fingerprint density at radius 2 is 2.27 bits per heavy atom. The Labute approximate surface area is 67.7 Å². The molecule has 0 N–H and O–H groups in total. The highest BCUT2D eigenvalue weighted by atomic mass is 16.5. The van der Waals surface area contributed by atoms with Crippen LogP contribution in [0, 0.1) is 5.92 Å². The molecular formula is C9H15NO. The van der Waals surface area contributed by atoms with Crippen LogP contribution in [0.4, 0.5) is 0 Å². The highest BCUT2D eigenvalue weighted by Crippen LogP contribution is 2.44. The lowest BCUT2D eigenvalue weighted by Gasteiger charge is -2.42. The summed E-state index contributed by atoms with van der Waals surface area (Å²) in [5.41, 5.74) is 0.133. The van der Waals surface area contributed by atoms with Crippen molar-refractivity contribution < 1.29 is 4.74 Å². The minimum Gasteiger partial charge on any atom is -0.475 e. The second-order valence-corrected chi connectivity index (χ2v) is 3.98. The van der Waals surface area contributed by atoms with Crippen molar-refractivity contribution in [2.75, 3.05) is 0 Å². The van der Waals surface area contributed by atoms with Crippen molar-refractivity contribution in [2.45, 2.75) is 44.8 Å². The lowest BCUT2D eigenvalue weighted by atomic mass is 9.72. The van der Waals surface area contributed by atoms with Gasteiger partial charge < -0.3 is 4.74 Å². The van der Waals surface area contributed by atoms with Crippen molar-refractivity contribution in [3.8, 4) is 0 Å². The molecule has 1 aliphatic carbocycles. The lowest BCUT2D eigenvalue weighted by molar-refractivity contribution is -0.0259. The van der Waals surface area contributed by atoms with Gasteiger partial charge in [-0.1, -0.05) is 13.8 Å². The van der Waals surface area contributed by atoms with Gasteiger partial charge in [0.25, 0.3) is 0 Å². The van der Waals surface area contributed by atoms with Crippen molar-refractivity contribution in [2.24, 2.45) is 10.9 Å². The highest BCUT2D eigenvalue weighted by molar-refractivity contribution is 5.52. The third-order valence-electron chi connectivity index (χ3n) is 2.88. The standard InChI is InChI=1S/C9H15NO/c1-7(2)8-9(4-3-5-9)11-6-10-8/h6-8H,3-5H2,1-2H3/t8-/m1/s1. The van der Waals surface area contributed by atoms with E-state index < -0.39 is 0 Å². The van der Waals surface area contributed by atoms with Crippen molar-refractivity contribution in [3.05, 3.63) is 0 Å². The molecule has 0 aromatic rings. The van der Waals surface area contributed by atoms with Crippen LogP contribution in [0.5, 0.6) is 0 Å². The molecule has 2 nitrogen and oxygen atoms in total. The van der Waals surface area contributed by atoms with Crippen molar-refractivity contribution in [1.29, 1.82) is 0 Å². The third kappa shape index (κ3) is 0.883. The average molecular weight is 153 g/mol.